The van der Waals surface area contributed by atoms with Crippen LogP contribution in [0, 0.1) is 0 Å². The molecule has 1 fully saturated rings. The van der Waals surface area contributed by atoms with Gasteiger partial charge in [0.1, 0.15) is 6.04 Å². The first-order valence-electron chi connectivity index (χ1n) is 10.5. The molecule has 1 saturated heterocycles. The standard InChI is InChI=1S/C21H28N4O6/c1-2-30-11-12-31-10-9-22-17(26)13-24-15-6-3-5-14-18(15)21(29)25(20(14)28)16-7-4-8-23-19(16)27/h3,5-6,16,24H,2,4,7-13H2,1H3,(H,22,26)(H,23,27). The largest absolute Gasteiger partial charge is 0.379 e. The number of rotatable bonds is 11. The summed E-state index contributed by atoms with van der Waals surface area (Å²) in [6.45, 7) is 4.70. The lowest BCUT2D eigenvalue weighted by Gasteiger charge is -2.28. The molecule has 1 unspecified atom stereocenters. The molecule has 3 N–H and O–H groups in total. The minimum absolute atomic E-state index is 0.0687. The SMILES string of the molecule is CCOCCOCCNC(=O)CNc1cccc2c1C(=O)N(C1CCCNC1=O)C2=O. The minimum atomic E-state index is -0.806. The summed E-state index contributed by atoms with van der Waals surface area (Å²) in [5.74, 6) is -1.60. The van der Waals surface area contributed by atoms with Crippen molar-refractivity contribution in [3.8, 4) is 0 Å². The summed E-state index contributed by atoms with van der Waals surface area (Å²) in [4.78, 5) is 51.1. The molecule has 0 bridgehead atoms. The number of anilines is 1. The van der Waals surface area contributed by atoms with E-state index in [1.165, 1.54) is 0 Å². The summed E-state index contributed by atoms with van der Waals surface area (Å²) >= 11 is 0. The fourth-order valence-corrected chi connectivity index (χ4v) is 3.60. The summed E-state index contributed by atoms with van der Waals surface area (Å²) in [5.41, 5.74) is 0.812. The molecule has 0 aromatic heterocycles. The maximum atomic E-state index is 13.0. The van der Waals surface area contributed by atoms with Crippen LogP contribution in [0.5, 0.6) is 0 Å². The highest BCUT2D eigenvalue weighted by Gasteiger charge is 2.44. The van der Waals surface area contributed by atoms with Gasteiger partial charge in [-0.05, 0) is 31.9 Å². The van der Waals surface area contributed by atoms with Gasteiger partial charge in [0.2, 0.25) is 11.8 Å². The van der Waals surface area contributed by atoms with Crippen molar-refractivity contribution in [2.45, 2.75) is 25.8 Å². The highest BCUT2D eigenvalue weighted by molar-refractivity contribution is 6.25. The number of ether oxygens (including phenoxy) is 2. The lowest BCUT2D eigenvalue weighted by atomic mass is 10.1. The van der Waals surface area contributed by atoms with E-state index in [4.69, 9.17) is 9.47 Å². The maximum Gasteiger partial charge on any atom is 0.264 e. The molecule has 1 aromatic rings. The van der Waals surface area contributed by atoms with Gasteiger partial charge in [-0.15, -0.1) is 0 Å². The summed E-state index contributed by atoms with van der Waals surface area (Å²) < 4.78 is 10.5. The third kappa shape index (κ3) is 5.39. The maximum absolute atomic E-state index is 13.0. The Morgan fingerprint density at radius 1 is 1.16 bits per heavy atom. The lowest BCUT2D eigenvalue weighted by Crippen LogP contribution is -2.52. The number of carbonyl (C=O) groups excluding carboxylic acids is 4. The van der Waals surface area contributed by atoms with E-state index in [2.05, 4.69) is 16.0 Å². The van der Waals surface area contributed by atoms with Gasteiger partial charge in [-0.25, -0.2) is 0 Å². The second kappa shape index (κ2) is 10.9. The number of amides is 4. The number of hydrogen-bond acceptors (Lipinski definition) is 7. The van der Waals surface area contributed by atoms with Gasteiger partial charge in [-0.3, -0.25) is 24.1 Å². The number of imide groups is 1. The first kappa shape index (κ1) is 22.7. The van der Waals surface area contributed by atoms with E-state index in [1.54, 1.807) is 18.2 Å². The molecule has 10 nitrogen and oxygen atoms in total. The van der Waals surface area contributed by atoms with E-state index >= 15 is 0 Å². The van der Waals surface area contributed by atoms with Crippen LogP contribution >= 0.6 is 0 Å². The van der Waals surface area contributed by atoms with Gasteiger partial charge in [0.05, 0.1) is 37.5 Å². The minimum Gasteiger partial charge on any atom is -0.379 e. The first-order chi connectivity index (χ1) is 15.0. The Bertz CT molecular complexity index is 843. The van der Waals surface area contributed by atoms with Crippen LogP contribution in [0.1, 0.15) is 40.5 Å². The third-order valence-electron chi connectivity index (χ3n) is 5.10. The number of carbonyl (C=O) groups is 4. The molecule has 1 atom stereocenters. The summed E-state index contributed by atoms with van der Waals surface area (Å²) in [6, 6.07) is 4.03. The number of nitrogens with zero attached hydrogens (tertiary/aromatic N) is 1. The van der Waals surface area contributed by atoms with E-state index in [0.29, 0.717) is 58.0 Å². The van der Waals surface area contributed by atoms with Crippen molar-refractivity contribution in [2.24, 2.45) is 0 Å². The fourth-order valence-electron chi connectivity index (χ4n) is 3.60. The zero-order valence-corrected chi connectivity index (χ0v) is 17.6. The molecular formula is C21H28N4O6. The van der Waals surface area contributed by atoms with Crippen LogP contribution in [0.3, 0.4) is 0 Å². The van der Waals surface area contributed by atoms with Gasteiger partial charge in [-0.1, -0.05) is 6.07 Å². The predicted molar refractivity (Wildman–Crippen MR) is 112 cm³/mol. The van der Waals surface area contributed by atoms with Gasteiger partial charge in [-0.2, -0.15) is 0 Å². The van der Waals surface area contributed by atoms with Crippen molar-refractivity contribution in [2.75, 3.05) is 51.4 Å². The average molecular weight is 432 g/mol. The van der Waals surface area contributed by atoms with Crippen molar-refractivity contribution < 1.29 is 28.7 Å². The van der Waals surface area contributed by atoms with Gasteiger partial charge < -0.3 is 25.4 Å². The quantitative estimate of drug-likeness (QED) is 0.335. The molecule has 1 aromatic carbocycles. The molecule has 0 saturated carbocycles. The van der Waals surface area contributed by atoms with Crippen molar-refractivity contribution in [3.63, 3.8) is 0 Å². The van der Waals surface area contributed by atoms with Crippen LogP contribution in [0.2, 0.25) is 0 Å². The smallest absolute Gasteiger partial charge is 0.264 e. The van der Waals surface area contributed by atoms with E-state index in [1.807, 2.05) is 6.92 Å². The molecular weight excluding hydrogens is 404 g/mol. The average Bonchev–Trinajstić information content (AvgIpc) is 3.03. The van der Waals surface area contributed by atoms with Crippen LogP contribution in [-0.2, 0) is 19.1 Å². The molecule has 10 heteroatoms. The molecule has 31 heavy (non-hydrogen) atoms. The molecule has 2 aliphatic heterocycles. The Balaban J connectivity index is 1.55. The summed E-state index contributed by atoms with van der Waals surface area (Å²) in [7, 11) is 0. The van der Waals surface area contributed by atoms with Crippen molar-refractivity contribution in [3.05, 3.63) is 29.3 Å². The van der Waals surface area contributed by atoms with E-state index in [-0.39, 0.29) is 29.5 Å². The van der Waals surface area contributed by atoms with Crippen LogP contribution in [0.15, 0.2) is 18.2 Å². The molecule has 0 radical (unpaired) electrons. The van der Waals surface area contributed by atoms with Crippen molar-refractivity contribution in [1.82, 2.24) is 15.5 Å². The van der Waals surface area contributed by atoms with Gasteiger partial charge >= 0.3 is 0 Å². The summed E-state index contributed by atoms with van der Waals surface area (Å²) in [6.07, 6.45) is 1.14. The molecule has 168 valence electrons. The lowest BCUT2D eigenvalue weighted by molar-refractivity contribution is -0.126. The van der Waals surface area contributed by atoms with E-state index in [0.717, 1.165) is 4.90 Å². The highest BCUT2D eigenvalue weighted by atomic mass is 16.5. The van der Waals surface area contributed by atoms with Crippen LogP contribution in [-0.4, -0.2) is 80.6 Å². The van der Waals surface area contributed by atoms with E-state index in [9.17, 15) is 19.2 Å². The van der Waals surface area contributed by atoms with Gasteiger partial charge in [0.15, 0.2) is 0 Å². The van der Waals surface area contributed by atoms with Gasteiger partial charge in [0, 0.05) is 25.4 Å². The molecule has 2 heterocycles. The van der Waals surface area contributed by atoms with Crippen molar-refractivity contribution >= 4 is 29.3 Å². The second-order valence-corrected chi connectivity index (χ2v) is 7.17. The number of benzene rings is 1. The number of fused-ring (bicyclic) bond motifs is 1. The van der Waals surface area contributed by atoms with Crippen LogP contribution < -0.4 is 16.0 Å². The molecule has 0 spiro atoms. The number of nitrogens with one attached hydrogen (secondary N) is 3. The Morgan fingerprint density at radius 2 is 1.97 bits per heavy atom. The predicted octanol–water partition coefficient (Wildman–Crippen LogP) is 0.142. The Morgan fingerprint density at radius 3 is 2.74 bits per heavy atom. The van der Waals surface area contributed by atoms with Gasteiger partial charge in [0.25, 0.3) is 11.8 Å². The molecule has 4 amide bonds. The van der Waals surface area contributed by atoms with Crippen LogP contribution in [0.4, 0.5) is 5.69 Å². The third-order valence-corrected chi connectivity index (χ3v) is 5.10. The Hall–Kier alpha value is -2.98. The Labute approximate surface area is 180 Å². The fraction of sp³-hybridized carbons (Fsp3) is 0.524. The normalized spacial score (nSPS) is 18.0. The zero-order valence-electron chi connectivity index (χ0n) is 17.6. The van der Waals surface area contributed by atoms with Crippen LogP contribution in [0.25, 0.3) is 0 Å². The molecule has 0 aliphatic carbocycles. The second-order valence-electron chi connectivity index (χ2n) is 7.17. The molecule has 2 aliphatic rings. The number of hydrogen-bond donors (Lipinski definition) is 3. The molecule has 3 rings (SSSR count). The van der Waals surface area contributed by atoms with E-state index < -0.39 is 17.9 Å². The zero-order chi connectivity index (χ0) is 22.2. The topological polar surface area (TPSA) is 126 Å². The summed E-state index contributed by atoms with van der Waals surface area (Å²) in [5, 5.41) is 8.34. The highest BCUT2D eigenvalue weighted by Crippen LogP contribution is 2.32. The first-order valence-corrected chi connectivity index (χ1v) is 10.5. The van der Waals surface area contributed by atoms with Crippen molar-refractivity contribution in [1.29, 1.82) is 0 Å². The number of piperidine rings is 1. The Kier molecular flexibility index (Phi) is 7.96. The monoisotopic (exact) mass is 432 g/mol.